The van der Waals surface area contributed by atoms with Gasteiger partial charge in [-0.25, -0.2) is 4.90 Å². The Morgan fingerprint density at radius 2 is 1.26 bits per heavy atom. The molecular formula is C30H24ClNO3. The van der Waals surface area contributed by atoms with E-state index in [2.05, 4.69) is 0 Å². The van der Waals surface area contributed by atoms with Gasteiger partial charge in [0.15, 0.2) is 5.78 Å². The maximum atomic E-state index is 14.4. The highest BCUT2D eigenvalue weighted by molar-refractivity contribution is 6.35. The lowest BCUT2D eigenvalue weighted by Gasteiger charge is -2.37. The van der Waals surface area contributed by atoms with Gasteiger partial charge in [-0.3, -0.25) is 14.4 Å². The number of hydrogen-bond donors (Lipinski definition) is 0. The molecular weight excluding hydrogens is 458 g/mol. The predicted octanol–water partition coefficient (Wildman–Crippen LogP) is 6.06. The van der Waals surface area contributed by atoms with Gasteiger partial charge in [0.2, 0.25) is 11.8 Å². The maximum absolute atomic E-state index is 14.4. The Kier molecular flexibility index (Phi) is 4.71. The average Bonchev–Trinajstić information content (AvgIpc) is 3.35. The highest BCUT2D eigenvalue weighted by Crippen LogP contribution is 2.74. The number of nitrogens with zero attached hydrogens (tertiary/aromatic N) is 1. The smallest absolute Gasteiger partial charge is 0.239 e. The standard InChI is InChI=1S/C30H24ClNO3/c1-3-30-23(19-12-8-5-9-13-19)22(18-10-6-4-7-11-18)29(2,28(30)35)24-25(30)27(34)32(26(24)33)21-16-14-20(31)15-17-21/h4-17,24-25H,3H2,1-2H3/t24-,25-,29-,30+/m0/s1. The van der Waals surface area contributed by atoms with E-state index in [4.69, 9.17) is 11.6 Å². The highest BCUT2D eigenvalue weighted by Gasteiger charge is 2.79. The van der Waals surface area contributed by atoms with Crippen LogP contribution in [0.4, 0.5) is 5.69 Å². The van der Waals surface area contributed by atoms with Gasteiger partial charge in [-0.05, 0) is 59.9 Å². The first-order chi connectivity index (χ1) is 16.9. The summed E-state index contributed by atoms with van der Waals surface area (Å²) in [6.45, 7) is 3.83. The van der Waals surface area contributed by atoms with Crippen molar-refractivity contribution in [1.82, 2.24) is 0 Å². The van der Waals surface area contributed by atoms with E-state index in [-0.39, 0.29) is 17.6 Å². The molecule has 0 N–H and O–H groups in total. The molecule has 1 heterocycles. The molecule has 0 aromatic heterocycles. The minimum atomic E-state index is -1.11. The zero-order valence-electron chi connectivity index (χ0n) is 19.5. The minimum Gasteiger partial charge on any atom is -0.298 e. The number of Topliss-reactive ketones (excluding diaryl/α,β-unsaturated/α-hetero) is 1. The molecule has 3 aromatic carbocycles. The SMILES string of the molecule is CC[C@@]12C(=O)[C@@](C)(C(c3ccccc3)=C1c1ccccc1)[C@@H]1C(=O)N(c3ccc(Cl)cc3)C(=O)[C@H]12. The number of benzene rings is 3. The van der Waals surface area contributed by atoms with Crippen LogP contribution in [-0.4, -0.2) is 17.6 Å². The number of halogens is 1. The van der Waals surface area contributed by atoms with Crippen molar-refractivity contribution in [3.8, 4) is 0 Å². The Morgan fingerprint density at radius 3 is 1.80 bits per heavy atom. The number of ketones is 1. The maximum Gasteiger partial charge on any atom is 0.239 e. The number of rotatable bonds is 4. The quantitative estimate of drug-likeness (QED) is 0.426. The van der Waals surface area contributed by atoms with Gasteiger partial charge in [-0.2, -0.15) is 0 Å². The fraction of sp³-hybridized carbons (Fsp3) is 0.233. The zero-order valence-corrected chi connectivity index (χ0v) is 20.3. The fourth-order valence-electron chi connectivity index (χ4n) is 6.97. The average molecular weight is 482 g/mol. The van der Waals surface area contributed by atoms with E-state index in [1.54, 1.807) is 24.3 Å². The van der Waals surface area contributed by atoms with E-state index in [9.17, 15) is 14.4 Å². The molecule has 174 valence electrons. The third-order valence-electron chi connectivity index (χ3n) is 8.32. The second-order valence-corrected chi connectivity index (χ2v) is 10.2. The Bertz CT molecular complexity index is 1410. The number of carbonyl (C=O) groups excluding carboxylic acids is 3. The summed E-state index contributed by atoms with van der Waals surface area (Å²) in [4.78, 5) is 43.7. The molecule has 5 heteroatoms. The number of anilines is 1. The molecule has 1 aliphatic heterocycles. The molecule has 2 bridgehead atoms. The van der Waals surface area contributed by atoms with Crippen LogP contribution in [0.2, 0.25) is 5.02 Å². The Hall–Kier alpha value is -3.50. The van der Waals surface area contributed by atoms with Crippen molar-refractivity contribution in [2.45, 2.75) is 20.3 Å². The lowest BCUT2D eigenvalue weighted by Crippen LogP contribution is -2.41. The minimum absolute atomic E-state index is 0.0161. The van der Waals surface area contributed by atoms with Crippen molar-refractivity contribution in [2.24, 2.45) is 22.7 Å². The second-order valence-electron chi connectivity index (χ2n) is 9.78. The van der Waals surface area contributed by atoms with Crippen molar-refractivity contribution >= 4 is 46.0 Å². The highest BCUT2D eigenvalue weighted by atomic mass is 35.5. The lowest BCUT2D eigenvalue weighted by atomic mass is 9.62. The van der Waals surface area contributed by atoms with E-state index in [0.717, 1.165) is 22.3 Å². The van der Waals surface area contributed by atoms with Gasteiger partial charge in [0.1, 0.15) is 0 Å². The summed E-state index contributed by atoms with van der Waals surface area (Å²) < 4.78 is 0. The molecule has 2 aliphatic carbocycles. The first kappa shape index (κ1) is 22.0. The summed E-state index contributed by atoms with van der Waals surface area (Å²) >= 11 is 6.06. The second kappa shape index (κ2) is 7.50. The molecule has 1 saturated carbocycles. The van der Waals surface area contributed by atoms with E-state index in [1.165, 1.54) is 4.90 Å². The van der Waals surface area contributed by atoms with E-state index in [0.29, 0.717) is 17.1 Å². The van der Waals surface area contributed by atoms with Crippen molar-refractivity contribution < 1.29 is 14.4 Å². The Labute approximate surface area is 209 Å². The van der Waals surface area contributed by atoms with Crippen LogP contribution in [0.25, 0.3) is 11.1 Å². The van der Waals surface area contributed by atoms with Gasteiger partial charge in [-0.15, -0.1) is 0 Å². The molecule has 2 amide bonds. The van der Waals surface area contributed by atoms with E-state index < -0.39 is 22.7 Å². The molecule has 3 aliphatic rings. The summed E-state index contributed by atoms with van der Waals surface area (Å²) in [5.41, 5.74) is 1.91. The third-order valence-corrected chi connectivity index (χ3v) is 8.57. The van der Waals surface area contributed by atoms with Crippen molar-refractivity contribution in [3.63, 3.8) is 0 Å². The molecule has 3 aromatic rings. The Morgan fingerprint density at radius 1 is 0.743 bits per heavy atom. The van der Waals surface area contributed by atoms with Crippen LogP contribution < -0.4 is 4.90 Å². The molecule has 4 nitrogen and oxygen atoms in total. The number of amides is 2. The van der Waals surface area contributed by atoms with Crippen LogP contribution in [0, 0.1) is 22.7 Å². The van der Waals surface area contributed by atoms with Gasteiger partial charge in [0, 0.05) is 5.02 Å². The molecule has 1 saturated heterocycles. The fourth-order valence-corrected chi connectivity index (χ4v) is 7.10. The van der Waals surface area contributed by atoms with Crippen molar-refractivity contribution in [1.29, 1.82) is 0 Å². The molecule has 0 spiro atoms. The van der Waals surface area contributed by atoms with Crippen LogP contribution in [0.15, 0.2) is 84.9 Å². The Balaban J connectivity index is 1.64. The number of allylic oxidation sites excluding steroid dienone is 2. The summed E-state index contributed by atoms with van der Waals surface area (Å²) in [5.74, 6) is -2.12. The normalized spacial score (nSPS) is 29.3. The summed E-state index contributed by atoms with van der Waals surface area (Å²) in [6, 6.07) is 26.4. The van der Waals surface area contributed by atoms with Crippen LogP contribution in [-0.2, 0) is 14.4 Å². The first-order valence-electron chi connectivity index (χ1n) is 11.9. The number of imide groups is 1. The van der Waals surface area contributed by atoms with E-state index in [1.807, 2.05) is 74.5 Å². The summed E-state index contributed by atoms with van der Waals surface area (Å²) in [7, 11) is 0. The first-order valence-corrected chi connectivity index (χ1v) is 12.3. The topological polar surface area (TPSA) is 54.5 Å². The number of carbonyl (C=O) groups is 3. The third kappa shape index (κ3) is 2.61. The molecule has 0 radical (unpaired) electrons. The zero-order chi connectivity index (χ0) is 24.5. The van der Waals surface area contributed by atoms with E-state index >= 15 is 0 Å². The van der Waals surface area contributed by atoms with Crippen molar-refractivity contribution in [3.05, 3.63) is 101 Å². The molecule has 0 unspecified atom stereocenters. The monoisotopic (exact) mass is 481 g/mol. The number of hydrogen-bond acceptors (Lipinski definition) is 3. The summed E-state index contributed by atoms with van der Waals surface area (Å²) in [6.07, 6.45) is 0.441. The van der Waals surface area contributed by atoms with Gasteiger partial charge in [0.05, 0.1) is 28.4 Å². The summed E-state index contributed by atoms with van der Waals surface area (Å²) in [5, 5.41) is 0.527. The van der Waals surface area contributed by atoms with Crippen molar-refractivity contribution in [2.75, 3.05) is 4.90 Å². The number of fused-ring (bicyclic) bond motifs is 5. The predicted molar refractivity (Wildman–Crippen MR) is 136 cm³/mol. The molecule has 35 heavy (non-hydrogen) atoms. The van der Waals surface area contributed by atoms with Crippen LogP contribution in [0.5, 0.6) is 0 Å². The van der Waals surface area contributed by atoms with Gasteiger partial charge < -0.3 is 0 Å². The van der Waals surface area contributed by atoms with Gasteiger partial charge >= 0.3 is 0 Å². The molecule has 2 fully saturated rings. The lowest BCUT2D eigenvalue weighted by molar-refractivity contribution is -0.134. The largest absolute Gasteiger partial charge is 0.298 e. The van der Waals surface area contributed by atoms with Gasteiger partial charge in [-0.1, -0.05) is 79.2 Å². The van der Waals surface area contributed by atoms with Gasteiger partial charge in [0.25, 0.3) is 0 Å². The van der Waals surface area contributed by atoms with Crippen LogP contribution in [0.1, 0.15) is 31.4 Å². The van der Waals surface area contributed by atoms with Crippen LogP contribution in [0.3, 0.4) is 0 Å². The molecule has 6 rings (SSSR count). The molecule has 4 atom stereocenters. The van der Waals surface area contributed by atoms with Crippen LogP contribution >= 0.6 is 11.6 Å².